The molecule has 1 aliphatic carbocycles. The maximum atomic E-state index is 6.21. The molecule has 0 N–H and O–H groups in total. The lowest BCUT2D eigenvalue weighted by Gasteiger charge is -2.28. The van der Waals surface area contributed by atoms with E-state index in [1.54, 1.807) is 0 Å². The minimum atomic E-state index is 0.337. The normalized spacial score (nSPS) is 24.6. The van der Waals surface area contributed by atoms with E-state index in [2.05, 4.69) is 28.9 Å². The van der Waals surface area contributed by atoms with Gasteiger partial charge in [-0.1, -0.05) is 46.6 Å². The number of benzene rings is 1. The number of para-hydroxylation sites is 1. The van der Waals surface area contributed by atoms with Gasteiger partial charge in [-0.05, 0) is 37.7 Å². The van der Waals surface area contributed by atoms with E-state index in [9.17, 15) is 0 Å². The van der Waals surface area contributed by atoms with Crippen molar-refractivity contribution in [3.05, 3.63) is 28.8 Å². The molecular formula is C14H18BrClO. The molecule has 17 heavy (non-hydrogen) atoms. The molecule has 1 fully saturated rings. The van der Waals surface area contributed by atoms with Crippen molar-refractivity contribution in [1.29, 1.82) is 0 Å². The Morgan fingerprint density at radius 3 is 2.65 bits per heavy atom. The average molecular weight is 318 g/mol. The maximum absolute atomic E-state index is 6.21. The molecule has 0 bridgehead atoms. The van der Waals surface area contributed by atoms with Crippen LogP contribution in [0.1, 0.15) is 38.2 Å². The van der Waals surface area contributed by atoms with Gasteiger partial charge in [0, 0.05) is 10.9 Å². The van der Waals surface area contributed by atoms with Gasteiger partial charge in [0.15, 0.2) is 0 Å². The van der Waals surface area contributed by atoms with Crippen molar-refractivity contribution in [1.82, 2.24) is 0 Å². The Morgan fingerprint density at radius 1 is 1.29 bits per heavy atom. The minimum absolute atomic E-state index is 0.337. The van der Waals surface area contributed by atoms with Crippen LogP contribution in [0.5, 0.6) is 5.75 Å². The molecule has 0 amide bonds. The highest BCUT2D eigenvalue weighted by Crippen LogP contribution is 2.34. The molecule has 0 heterocycles. The Balaban J connectivity index is 2.07. The molecule has 94 valence electrons. The molecule has 1 saturated carbocycles. The van der Waals surface area contributed by atoms with Crippen LogP contribution in [0.15, 0.2) is 18.2 Å². The van der Waals surface area contributed by atoms with Crippen LogP contribution in [0.3, 0.4) is 0 Å². The summed E-state index contributed by atoms with van der Waals surface area (Å²) in [5.74, 6) is 1.71. The van der Waals surface area contributed by atoms with E-state index >= 15 is 0 Å². The summed E-state index contributed by atoms with van der Waals surface area (Å²) in [4.78, 5) is 0. The van der Waals surface area contributed by atoms with E-state index < -0.39 is 0 Å². The number of hydrogen-bond acceptors (Lipinski definition) is 1. The van der Waals surface area contributed by atoms with Gasteiger partial charge < -0.3 is 4.74 Å². The quantitative estimate of drug-likeness (QED) is 0.697. The van der Waals surface area contributed by atoms with Gasteiger partial charge in [0.25, 0.3) is 0 Å². The SMILES string of the molecule is CC1CCC(Oc2c(Cl)cccc2CBr)CC1. The molecule has 1 aliphatic rings. The zero-order chi connectivity index (χ0) is 12.3. The summed E-state index contributed by atoms with van der Waals surface area (Å²) in [6.07, 6.45) is 5.16. The topological polar surface area (TPSA) is 9.23 Å². The van der Waals surface area contributed by atoms with E-state index in [4.69, 9.17) is 16.3 Å². The number of alkyl halides is 1. The Bertz CT molecular complexity index is 372. The van der Waals surface area contributed by atoms with Crippen LogP contribution in [-0.2, 0) is 5.33 Å². The summed E-state index contributed by atoms with van der Waals surface area (Å²) in [7, 11) is 0. The van der Waals surface area contributed by atoms with Crippen molar-refractivity contribution in [3.63, 3.8) is 0 Å². The molecule has 0 atom stereocenters. The summed E-state index contributed by atoms with van der Waals surface area (Å²) in [5.41, 5.74) is 1.14. The summed E-state index contributed by atoms with van der Waals surface area (Å²) < 4.78 is 6.09. The summed E-state index contributed by atoms with van der Waals surface area (Å²) in [6.45, 7) is 2.32. The molecular weight excluding hydrogens is 300 g/mol. The molecule has 0 aliphatic heterocycles. The van der Waals surface area contributed by atoms with Gasteiger partial charge in [0.05, 0.1) is 11.1 Å². The van der Waals surface area contributed by atoms with Crippen LogP contribution < -0.4 is 4.74 Å². The molecule has 0 radical (unpaired) electrons. The average Bonchev–Trinajstić information content (AvgIpc) is 2.34. The van der Waals surface area contributed by atoms with Crippen LogP contribution >= 0.6 is 27.5 Å². The Kier molecular flexibility index (Phi) is 4.75. The first-order valence-corrected chi connectivity index (χ1v) is 7.70. The number of hydrogen-bond donors (Lipinski definition) is 0. The second-order valence-electron chi connectivity index (χ2n) is 4.86. The highest BCUT2D eigenvalue weighted by molar-refractivity contribution is 9.08. The van der Waals surface area contributed by atoms with E-state index in [0.29, 0.717) is 6.10 Å². The van der Waals surface area contributed by atoms with E-state index in [0.717, 1.165) is 40.4 Å². The molecule has 0 spiro atoms. The molecule has 3 heteroatoms. The van der Waals surface area contributed by atoms with Crippen molar-refractivity contribution in [3.8, 4) is 5.75 Å². The van der Waals surface area contributed by atoms with Crippen molar-refractivity contribution >= 4 is 27.5 Å². The molecule has 0 aromatic heterocycles. The van der Waals surface area contributed by atoms with Gasteiger partial charge in [0.2, 0.25) is 0 Å². The molecule has 0 unspecified atom stereocenters. The monoisotopic (exact) mass is 316 g/mol. The Hall–Kier alpha value is -0.210. The highest BCUT2D eigenvalue weighted by Gasteiger charge is 2.21. The molecule has 2 rings (SSSR count). The van der Waals surface area contributed by atoms with Crippen LogP contribution in [-0.4, -0.2) is 6.10 Å². The third kappa shape index (κ3) is 3.38. The van der Waals surface area contributed by atoms with Crippen LogP contribution in [0, 0.1) is 5.92 Å². The molecule has 1 aromatic rings. The fraction of sp³-hybridized carbons (Fsp3) is 0.571. The third-order valence-corrected chi connectivity index (χ3v) is 4.34. The third-order valence-electron chi connectivity index (χ3n) is 3.44. The predicted molar refractivity (Wildman–Crippen MR) is 76.1 cm³/mol. The fourth-order valence-electron chi connectivity index (χ4n) is 2.30. The second-order valence-corrected chi connectivity index (χ2v) is 5.83. The van der Waals surface area contributed by atoms with Crippen molar-refractivity contribution in [2.45, 2.75) is 44.0 Å². The first kappa shape index (κ1) is 13.2. The van der Waals surface area contributed by atoms with Crippen LogP contribution in [0.25, 0.3) is 0 Å². The lowest BCUT2D eigenvalue weighted by molar-refractivity contribution is 0.135. The minimum Gasteiger partial charge on any atom is -0.489 e. The lowest BCUT2D eigenvalue weighted by atomic mass is 9.89. The number of rotatable bonds is 3. The number of halogens is 2. The van der Waals surface area contributed by atoms with Gasteiger partial charge in [-0.15, -0.1) is 0 Å². The second kappa shape index (κ2) is 6.10. The molecule has 1 nitrogen and oxygen atoms in total. The summed E-state index contributed by atoms with van der Waals surface area (Å²) in [5, 5.41) is 1.51. The molecule has 1 aromatic carbocycles. The van der Waals surface area contributed by atoms with Gasteiger partial charge >= 0.3 is 0 Å². The van der Waals surface area contributed by atoms with Gasteiger partial charge in [0.1, 0.15) is 5.75 Å². The first-order chi connectivity index (χ1) is 8.20. The van der Waals surface area contributed by atoms with E-state index in [1.165, 1.54) is 12.8 Å². The fourth-order valence-corrected chi connectivity index (χ4v) is 2.98. The van der Waals surface area contributed by atoms with Gasteiger partial charge in [-0.25, -0.2) is 0 Å². The van der Waals surface area contributed by atoms with Crippen molar-refractivity contribution in [2.75, 3.05) is 0 Å². The first-order valence-electron chi connectivity index (χ1n) is 6.20. The smallest absolute Gasteiger partial charge is 0.142 e. The van der Waals surface area contributed by atoms with Gasteiger partial charge in [-0.3, -0.25) is 0 Å². The highest BCUT2D eigenvalue weighted by atomic mass is 79.9. The van der Waals surface area contributed by atoms with Gasteiger partial charge in [-0.2, -0.15) is 0 Å². The van der Waals surface area contributed by atoms with Crippen LogP contribution in [0.4, 0.5) is 0 Å². The Morgan fingerprint density at radius 2 is 2.00 bits per heavy atom. The zero-order valence-corrected chi connectivity index (χ0v) is 12.4. The standard InChI is InChI=1S/C14H18BrClO/c1-10-5-7-12(8-6-10)17-14-11(9-15)3-2-4-13(14)16/h2-4,10,12H,5-9H2,1H3. The maximum Gasteiger partial charge on any atom is 0.142 e. The summed E-state index contributed by atoms with van der Waals surface area (Å²) >= 11 is 9.69. The zero-order valence-electron chi connectivity index (χ0n) is 10.1. The Labute approximate surface area is 117 Å². The van der Waals surface area contributed by atoms with E-state index in [1.807, 2.05) is 12.1 Å². The predicted octanol–water partition coefficient (Wildman–Crippen LogP) is 5.19. The van der Waals surface area contributed by atoms with Crippen molar-refractivity contribution < 1.29 is 4.74 Å². The number of ether oxygens (including phenoxy) is 1. The van der Waals surface area contributed by atoms with E-state index in [-0.39, 0.29) is 0 Å². The summed E-state index contributed by atoms with van der Waals surface area (Å²) in [6, 6.07) is 5.92. The lowest BCUT2D eigenvalue weighted by Crippen LogP contribution is -2.23. The van der Waals surface area contributed by atoms with Crippen LogP contribution in [0.2, 0.25) is 5.02 Å². The van der Waals surface area contributed by atoms with Crippen molar-refractivity contribution in [2.24, 2.45) is 5.92 Å². The largest absolute Gasteiger partial charge is 0.489 e. The molecule has 0 saturated heterocycles.